The van der Waals surface area contributed by atoms with Crippen LogP contribution in [0.4, 0.5) is 0 Å². The molecule has 0 amide bonds. The molecule has 1 aliphatic heterocycles. The molecule has 7 heteroatoms. The number of likely N-dealkylation sites (tertiary alicyclic amines) is 1. The van der Waals surface area contributed by atoms with Gasteiger partial charge in [0.2, 0.25) is 0 Å². The van der Waals surface area contributed by atoms with Crippen LogP contribution in [0.3, 0.4) is 0 Å². The third-order valence-electron chi connectivity index (χ3n) is 11.2. The Bertz CT molecular complexity index is 1180. The van der Waals surface area contributed by atoms with Crippen molar-refractivity contribution in [3.63, 3.8) is 0 Å². The quantitative estimate of drug-likeness (QED) is 0.313. The number of aryl methyl sites for hydroxylation is 3. The molecule has 6 rings (SSSR count). The van der Waals surface area contributed by atoms with Gasteiger partial charge in [-0.05, 0) is 123 Å². The highest BCUT2D eigenvalue weighted by molar-refractivity contribution is 7.90. The van der Waals surface area contributed by atoms with Crippen LogP contribution in [0.1, 0.15) is 156 Å². The molecular formula is C44H82N4O2S. The normalized spacial score (nSPS) is 19.1. The minimum atomic E-state index is -3.00. The Hall–Kier alpha value is -1.70. The summed E-state index contributed by atoms with van der Waals surface area (Å²) in [5, 5.41) is 4.13. The molecule has 4 fully saturated rings. The number of rotatable bonds is 4. The molecule has 1 aromatic heterocycles. The van der Waals surface area contributed by atoms with E-state index in [-0.39, 0.29) is 0 Å². The van der Waals surface area contributed by atoms with Crippen molar-refractivity contribution in [2.24, 2.45) is 24.8 Å². The first-order valence-electron chi connectivity index (χ1n) is 20.7. The highest BCUT2D eigenvalue weighted by Gasteiger charge is 2.23. The SMILES string of the molecule is CC(C)N(C)C1CCC1.CC1CCCCC1.CC1CCCCC1.CC1CCN(C(C)C)CC1.CS(=O)(=O)c1ccccc1.Cc1cc(C)n(C)n1. The lowest BCUT2D eigenvalue weighted by Crippen LogP contribution is -2.41. The van der Waals surface area contributed by atoms with Gasteiger partial charge in [-0.3, -0.25) is 4.68 Å². The Morgan fingerprint density at radius 2 is 1.16 bits per heavy atom. The predicted molar refractivity (Wildman–Crippen MR) is 222 cm³/mol. The van der Waals surface area contributed by atoms with E-state index in [1.807, 2.05) is 25.6 Å². The summed E-state index contributed by atoms with van der Waals surface area (Å²) >= 11 is 0. The fourth-order valence-corrected chi connectivity index (χ4v) is 7.43. The van der Waals surface area contributed by atoms with E-state index >= 15 is 0 Å². The molecule has 0 bridgehead atoms. The van der Waals surface area contributed by atoms with Crippen LogP contribution in [-0.4, -0.2) is 72.5 Å². The number of nitrogens with zero attached hydrogens (tertiary/aromatic N) is 4. The molecule has 0 atom stereocenters. The minimum absolute atomic E-state index is 0.370. The second-order valence-electron chi connectivity index (χ2n) is 16.8. The molecule has 4 aliphatic rings. The van der Waals surface area contributed by atoms with Crippen LogP contribution in [0, 0.1) is 31.6 Å². The van der Waals surface area contributed by atoms with Gasteiger partial charge in [-0.1, -0.05) is 110 Å². The molecule has 3 saturated carbocycles. The van der Waals surface area contributed by atoms with Crippen molar-refractivity contribution in [3.8, 4) is 0 Å². The van der Waals surface area contributed by atoms with Crippen LogP contribution < -0.4 is 0 Å². The number of aromatic nitrogens is 2. The lowest BCUT2D eigenvalue weighted by atomic mass is 9.91. The van der Waals surface area contributed by atoms with Gasteiger partial charge < -0.3 is 9.80 Å². The maximum atomic E-state index is 10.8. The first kappa shape index (κ1) is 47.3. The lowest BCUT2D eigenvalue weighted by molar-refractivity contribution is 0.126. The molecule has 0 unspecified atom stereocenters. The van der Waals surface area contributed by atoms with Crippen LogP contribution in [0.25, 0.3) is 0 Å². The molecule has 2 aromatic rings. The summed E-state index contributed by atoms with van der Waals surface area (Å²) in [5.74, 6) is 3.04. The number of hydrogen-bond acceptors (Lipinski definition) is 5. The van der Waals surface area contributed by atoms with Gasteiger partial charge in [0.05, 0.1) is 10.6 Å². The van der Waals surface area contributed by atoms with Crippen LogP contribution in [0.2, 0.25) is 0 Å². The summed E-state index contributed by atoms with van der Waals surface area (Å²) in [7, 11) is 1.17. The van der Waals surface area contributed by atoms with Gasteiger partial charge in [0.15, 0.2) is 9.84 Å². The smallest absolute Gasteiger partial charge is 0.175 e. The Balaban J connectivity index is 0.000000308. The third kappa shape index (κ3) is 22.2. The summed E-state index contributed by atoms with van der Waals surface area (Å²) in [6.07, 6.45) is 23.2. The zero-order chi connectivity index (χ0) is 38.4. The van der Waals surface area contributed by atoms with Crippen LogP contribution >= 0.6 is 0 Å². The average molecular weight is 731 g/mol. The van der Waals surface area contributed by atoms with E-state index in [0.717, 1.165) is 41.6 Å². The zero-order valence-electron chi connectivity index (χ0n) is 35.5. The van der Waals surface area contributed by atoms with E-state index in [2.05, 4.69) is 76.5 Å². The lowest BCUT2D eigenvalue weighted by Gasteiger charge is -2.37. The molecule has 1 aromatic carbocycles. The second-order valence-corrected chi connectivity index (χ2v) is 18.8. The number of benzene rings is 1. The van der Waals surface area contributed by atoms with E-state index in [1.165, 1.54) is 121 Å². The van der Waals surface area contributed by atoms with Crippen molar-refractivity contribution in [1.82, 2.24) is 19.6 Å². The number of hydrogen-bond donors (Lipinski definition) is 0. The van der Waals surface area contributed by atoms with Crippen LogP contribution in [-0.2, 0) is 16.9 Å². The topological polar surface area (TPSA) is 58.4 Å². The fourth-order valence-electron chi connectivity index (χ4n) is 6.78. The van der Waals surface area contributed by atoms with E-state index in [0.29, 0.717) is 4.90 Å². The van der Waals surface area contributed by atoms with E-state index in [4.69, 9.17) is 0 Å². The highest BCUT2D eigenvalue weighted by atomic mass is 32.2. The molecule has 6 nitrogen and oxygen atoms in total. The Morgan fingerprint density at radius 3 is 1.37 bits per heavy atom. The van der Waals surface area contributed by atoms with Gasteiger partial charge in [-0.2, -0.15) is 5.10 Å². The summed E-state index contributed by atoms with van der Waals surface area (Å²) in [6.45, 7) is 22.9. The standard InChI is InChI=1S/C9H19N.C8H17N.C7H8O2S.2C7H14.C6H10N2/c1-8(2)10-6-4-9(3)5-7-10;1-7(2)9(3)8-5-4-6-8;1-10(8,9)7-5-3-2-4-6-7;2*1-7-5-3-2-4-6-7;1-5-4-6(2)8(3)7-5/h8-9H,4-7H2,1-3H3;7-8H,4-6H2,1-3H3;2-6H,1H3;2*7H,2-6H2,1H3;4H,1-3H3. The second kappa shape index (κ2) is 26.1. The highest BCUT2D eigenvalue weighted by Crippen LogP contribution is 2.25. The molecule has 296 valence electrons. The summed E-state index contributed by atoms with van der Waals surface area (Å²) < 4.78 is 23.5. The van der Waals surface area contributed by atoms with Crippen LogP contribution in [0.5, 0.6) is 0 Å². The molecular weight excluding hydrogens is 649 g/mol. The van der Waals surface area contributed by atoms with E-state index in [9.17, 15) is 8.42 Å². The van der Waals surface area contributed by atoms with Crippen molar-refractivity contribution in [1.29, 1.82) is 0 Å². The van der Waals surface area contributed by atoms with Gasteiger partial charge >= 0.3 is 0 Å². The first-order chi connectivity index (χ1) is 24.0. The van der Waals surface area contributed by atoms with Gasteiger partial charge in [0, 0.05) is 37.1 Å². The van der Waals surface area contributed by atoms with E-state index < -0.39 is 9.84 Å². The minimum Gasteiger partial charge on any atom is -0.301 e. The summed E-state index contributed by atoms with van der Waals surface area (Å²) in [4.78, 5) is 5.42. The monoisotopic (exact) mass is 731 g/mol. The summed E-state index contributed by atoms with van der Waals surface area (Å²) in [6, 6.07) is 12.8. The Morgan fingerprint density at radius 1 is 0.706 bits per heavy atom. The van der Waals surface area contributed by atoms with E-state index in [1.54, 1.807) is 30.3 Å². The van der Waals surface area contributed by atoms with Crippen molar-refractivity contribution in [2.45, 2.75) is 182 Å². The number of piperidine rings is 1. The Kier molecular flexibility index (Phi) is 24.3. The third-order valence-corrected chi connectivity index (χ3v) is 12.3. The molecule has 0 radical (unpaired) electrons. The molecule has 3 aliphatic carbocycles. The molecule has 51 heavy (non-hydrogen) atoms. The van der Waals surface area contributed by atoms with Crippen molar-refractivity contribution in [3.05, 3.63) is 47.8 Å². The first-order valence-corrected chi connectivity index (χ1v) is 22.6. The number of sulfone groups is 1. The zero-order valence-corrected chi connectivity index (χ0v) is 36.3. The van der Waals surface area contributed by atoms with Gasteiger partial charge in [0.25, 0.3) is 0 Å². The summed E-state index contributed by atoms with van der Waals surface area (Å²) in [5.41, 5.74) is 2.30. The maximum absolute atomic E-state index is 10.8. The fraction of sp³-hybridized carbons (Fsp3) is 0.795. The molecule has 2 heterocycles. The molecule has 1 saturated heterocycles. The molecule has 0 spiro atoms. The van der Waals surface area contributed by atoms with Crippen LogP contribution in [0.15, 0.2) is 41.3 Å². The average Bonchev–Trinajstić information content (AvgIpc) is 3.36. The largest absolute Gasteiger partial charge is 0.301 e. The van der Waals surface area contributed by atoms with Crippen molar-refractivity contribution >= 4 is 9.84 Å². The maximum Gasteiger partial charge on any atom is 0.175 e. The van der Waals surface area contributed by atoms with Gasteiger partial charge in [-0.15, -0.1) is 0 Å². The Labute approximate surface area is 317 Å². The van der Waals surface area contributed by atoms with Crippen molar-refractivity contribution < 1.29 is 8.42 Å². The van der Waals surface area contributed by atoms with Gasteiger partial charge in [0.1, 0.15) is 0 Å². The van der Waals surface area contributed by atoms with Gasteiger partial charge in [-0.25, -0.2) is 8.42 Å². The van der Waals surface area contributed by atoms with Crippen molar-refractivity contribution in [2.75, 3.05) is 26.4 Å². The predicted octanol–water partition coefficient (Wildman–Crippen LogP) is 11.3. The molecule has 0 N–H and O–H groups in total.